The van der Waals surface area contributed by atoms with Crippen molar-refractivity contribution >= 4 is 11.6 Å². The van der Waals surface area contributed by atoms with Gasteiger partial charge in [0.1, 0.15) is 12.4 Å². The van der Waals surface area contributed by atoms with Gasteiger partial charge in [0.2, 0.25) is 5.91 Å². The van der Waals surface area contributed by atoms with Crippen LogP contribution in [0.5, 0.6) is 5.75 Å². The Balaban J connectivity index is 1.43. The van der Waals surface area contributed by atoms with Gasteiger partial charge < -0.3 is 14.8 Å². The molecule has 0 radical (unpaired) electrons. The molecule has 126 valence electrons. The second-order valence-electron chi connectivity index (χ2n) is 6.71. The van der Waals surface area contributed by atoms with E-state index in [0.29, 0.717) is 13.0 Å². The van der Waals surface area contributed by atoms with Crippen LogP contribution in [-0.4, -0.2) is 25.2 Å². The van der Waals surface area contributed by atoms with E-state index in [-0.39, 0.29) is 12.0 Å². The van der Waals surface area contributed by atoms with Crippen LogP contribution >= 0.6 is 0 Å². The number of carbonyl (C=O) groups is 1. The predicted octanol–water partition coefficient (Wildman–Crippen LogP) is 4.15. The largest absolute Gasteiger partial charge is 0.491 e. The molecule has 1 aromatic carbocycles. The number of amides is 1. The van der Waals surface area contributed by atoms with Crippen molar-refractivity contribution in [3.63, 3.8) is 0 Å². The lowest BCUT2D eigenvalue weighted by Crippen LogP contribution is -2.16. The molecule has 23 heavy (non-hydrogen) atoms. The lowest BCUT2D eigenvalue weighted by atomic mass is 10.0. The van der Waals surface area contributed by atoms with Crippen molar-refractivity contribution in [2.75, 3.05) is 18.5 Å². The zero-order chi connectivity index (χ0) is 15.9. The molecule has 1 aromatic rings. The van der Waals surface area contributed by atoms with E-state index in [1.54, 1.807) is 0 Å². The highest BCUT2D eigenvalue weighted by Gasteiger charge is 2.17. The smallest absolute Gasteiger partial charge is 0.224 e. The summed E-state index contributed by atoms with van der Waals surface area (Å²) in [5, 5.41) is 2.98. The molecule has 1 saturated carbocycles. The Morgan fingerprint density at radius 1 is 1.22 bits per heavy atom. The summed E-state index contributed by atoms with van der Waals surface area (Å²) in [4.78, 5) is 12.1. The Labute approximate surface area is 138 Å². The third-order valence-corrected chi connectivity index (χ3v) is 4.83. The minimum absolute atomic E-state index is 0.105. The van der Waals surface area contributed by atoms with Crippen molar-refractivity contribution in [3.05, 3.63) is 24.3 Å². The van der Waals surface area contributed by atoms with Gasteiger partial charge in [-0.15, -0.1) is 0 Å². The van der Waals surface area contributed by atoms with Gasteiger partial charge in [0.25, 0.3) is 0 Å². The van der Waals surface area contributed by atoms with Crippen LogP contribution in [-0.2, 0) is 9.53 Å². The highest BCUT2D eigenvalue weighted by atomic mass is 16.5. The van der Waals surface area contributed by atoms with Gasteiger partial charge in [-0.2, -0.15) is 0 Å². The first-order valence-corrected chi connectivity index (χ1v) is 8.94. The second kappa shape index (κ2) is 8.34. The molecule has 0 unspecified atom stereocenters. The van der Waals surface area contributed by atoms with Crippen molar-refractivity contribution < 1.29 is 14.3 Å². The molecule has 2 fully saturated rings. The summed E-state index contributed by atoms with van der Waals surface area (Å²) in [6.45, 7) is 1.42. The minimum atomic E-state index is 0.105. The van der Waals surface area contributed by atoms with Crippen molar-refractivity contribution in [3.8, 4) is 5.75 Å². The molecule has 0 spiro atoms. The summed E-state index contributed by atoms with van der Waals surface area (Å²) < 4.78 is 11.3. The molecule has 1 N–H and O–H groups in total. The molecule has 2 aliphatic rings. The standard InChI is InChI=1S/C19H27NO3/c21-19(11-10-15-5-1-2-6-15)20-16-7-3-8-17(13-16)23-14-18-9-4-12-22-18/h3,7-8,13,15,18H,1-2,4-6,9-12,14H2,(H,20,21)/t18-/m1/s1. The number of hydrogen-bond donors (Lipinski definition) is 1. The molecule has 4 nitrogen and oxygen atoms in total. The van der Waals surface area contributed by atoms with E-state index < -0.39 is 0 Å². The SMILES string of the molecule is O=C(CCC1CCCC1)Nc1cccc(OC[C@H]2CCCO2)c1. The van der Waals surface area contributed by atoms with Crippen LogP contribution in [0, 0.1) is 5.92 Å². The number of anilines is 1. The van der Waals surface area contributed by atoms with Crippen LogP contribution in [0.2, 0.25) is 0 Å². The summed E-state index contributed by atoms with van der Waals surface area (Å²) in [6.07, 6.45) is 9.27. The maximum absolute atomic E-state index is 12.1. The Morgan fingerprint density at radius 3 is 2.87 bits per heavy atom. The predicted molar refractivity (Wildman–Crippen MR) is 90.7 cm³/mol. The van der Waals surface area contributed by atoms with E-state index in [0.717, 1.165) is 43.2 Å². The van der Waals surface area contributed by atoms with Crippen molar-refractivity contribution in [1.29, 1.82) is 0 Å². The lowest BCUT2D eigenvalue weighted by molar-refractivity contribution is -0.116. The Morgan fingerprint density at radius 2 is 2.09 bits per heavy atom. The van der Waals surface area contributed by atoms with Gasteiger partial charge in [-0.1, -0.05) is 31.7 Å². The van der Waals surface area contributed by atoms with Gasteiger partial charge in [-0.05, 0) is 37.3 Å². The van der Waals surface area contributed by atoms with E-state index >= 15 is 0 Å². The van der Waals surface area contributed by atoms with Crippen LogP contribution in [0.25, 0.3) is 0 Å². The molecule has 1 aliphatic carbocycles. The monoisotopic (exact) mass is 317 g/mol. The molecular weight excluding hydrogens is 290 g/mol. The molecule has 3 rings (SSSR count). The minimum Gasteiger partial charge on any atom is -0.491 e. The zero-order valence-corrected chi connectivity index (χ0v) is 13.8. The normalized spacial score (nSPS) is 21.5. The molecule has 1 atom stereocenters. The van der Waals surface area contributed by atoms with Crippen LogP contribution in [0.3, 0.4) is 0 Å². The van der Waals surface area contributed by atoms with Crippen LogP contribution in [0.4, 0.5) is 5.69 Å². The van der Waals surface area contributed by atoms with Gasteiger partial charge >= 0.3 is 0 Å². The summed E-state index contributed by atoms with van der Waals surface area (Å²) in [5.74, 6) is 1.64. The Kier molecular flexibility index (Phi) is 5.92. The van der Waals surface area contributed by atoms with Crippen LogP contribution in [0.1, 0.15) is 51.4 Å². The van der Waals surface area contributed by atoms with E-state index in [1.165, 1.54) is 25.7 Å². The van der Waals surface area contributed by atoms with E-state index in [1.807, 2.05) is 24.3 Å². The van der Waals surface area contributed by atoms with Gasteiger partial charge in [0, 0.05) is 24.8 Å². The van der Waals surface area contributed by atoms with Crippen LogP contribution < -0.4 is 10.1 Å². The van der Waals surface area contributed by atoms with Gasteiger partial charge in [0.05, 0.1) is 6.10 Å². The molecule has 1 aliphatic heterocycles. The van der Waals surface area contributed by atoms with Crippen molar-refractivity contribution in [2.24, 2.45) is 5.92 Å². The highest BCUT2D eigenvalue weighted by Crippen LogP contribution is 2.28. The summed E-state index contributed by atoms with van der Waals surface area (Å²) in [5.41, 5.74) is 0.811. The van der Waals surface area contributed by atoms with Crippen molar-refractivity contribution in [1.82, 2.24) is 0 Å². The number of benzene rings is 1. The third-order valence-electron chi connectivity index (χ3n) is 4.83. The Bertz CT molecular complexity index is 505. The summed E-state index contributed by atoms with van der Waals surface area (Å²) in [7, 11) is 0. The lowest BCUT2D eigenvalue weighted by Gasteiger charge is -2.13. The third kappa shape index (κ3) is 5.24. The summed E-state index contributed by atoms with van der Waals surface area (Å²) >= 11 is 0. The molecule has 1 amide bonds. The molecule has 4 heteroatoms. The fourth-order valence-electron chi connectivity index (χ4n) is 3.49. The molecule has 1 heterocycles. The highest BCUT2D eigenvalue weighted by molar-refractivity contribution is 5.90. The van der Waals surface area contributed by atoms with Gasteiger partial charge in [-0.25, -0.2) is 0 Å². The maximum atomic E-state index is 12.1. The first-order chi connectivity index (χ1) is 11.3. The number of rotatable bonds is 7. The number of hydrogen-bond acceptors (Lipinski definition) is 3. The van der Waals surface area contributed by atoms with E-state index in [2.05, 4.69) is 5.32 Å². The average Bonchev–Trinajstić information content (AvgIpc) is 3.25. The van der Waals surface area contributed by atoms with Crippen molar-refractivity contribution in [2.45, 2.75) is 57.5 Å². The number of carbonyl (C=O) groups excluding carboxylic acids is 1. The first kappa shape index (κ1) is 16.3. The quantitative estimate of drug-likeness (QED) is 0.821. The molecule has 0 aromatic heterocycles. The maximum Gasteiger partial charge on any atom is 0.224 e. The first-order valence-electron chi connectivity index (χ1n) is 8.94. The number of nitrogens with one attached hydrogen (secondary N) is 1. The number of ether oxygens (including phenoxy) is 2. The summed E-state index contributed by atoms with van der Waals surface area (Å²) in [6, 6.07) is 7.63. The molecular formula is C19H27NO3. The average molecular weight is 317 g/mol. The zero-order valence-electron chi connectivity index (χ0n) is 13.8. The fraction of sp³-hybridized carbons (Fsp3) is 0.632. The topological polar surface area (TPSA) is 47.6 Å². The fourth-order valence-corrected chi connectivity index (χ4v) is 3.49. The molecule has 1 saturated heterocycles. The van der Waals surface area contributed by atoms with Crippen LogP contribution in [0.15, 0.2) is 24.3 Å². The Hall–Kier alpha value is -1.55. The second-order valence-corrected chi connectivity index (χ2v) is 6.71. The van der Waals surface area contributed by atoms with Gasteiger partial charge in [-0.3, -0.25) is 4.79 Å². The van der Waals surface area contributed by atoms with Gasteiger partial charge in [0.15, 0.2) is 0 Å². The van der Waals surface area contributed by atoms with E-state index in [9.17, 15) is 4.79 Å². The van der Waals surface area contributed by atoms with E-state index in [4.69, 9.17) is 9.47 Å². The molecule has 0 bridgehead atoms.